The second-order valence-corrected chi connectivity index (χ2v) is 6.25. The van der Waals surface area contributed by atoms with Crippen molar-refractivity contribution in [2.75, 3.05) is 32.0 Å². The van der Waals surface area contributed by atoms with Gasteiger partial charge in [0.1, 0.15) is 15.5 Å². The van der Waals surface area contributed by atoms with E-state index in [4.69, 9.17) is 13.7 Å². The van der Waals surface area contributed by atoms with Crippen LogP contribution in [0.3, 0.4) is 0 Å². The quantitative estimate of drug-likeness (QED) is 0.296. The summed E-state index contributed by atoms with van der Waals surface area (Å²) in [6, 6.07) is 0. The van der Waals surface area contributed by atoms with E-state index >= 15 is 0 Å². The van der Waals surface area contributed by atoms with Gasteiger partial charge in [0.05, 0.1) is 18.1 Å². The van der Waals surface area contributed by atoms with Crippen LogP contribution in [0.4, 0.5) is 0 Å². The predicted octanol–water partition coefficient (Wildman–Crippen LogP) is 0.370. The fraction of sp³-hybridized carbons (Fsp3) is 0.909. The van der Waals surface area contributed by atoms with Gasteiger partial charge >= 0.3 is 0 Å². The third kappa shape index (κ3) is 6.97. The summed E-state index contributed by atoms with van der Waals surface area (Å²) in [7, 11) is 1.46. The van der Waals surface area contributed by atoms with Gasteiger partial charge in [0, 0.05) is 20.5 Å². The Morgan fingerprint density at radius 3 is 2.68 bits per heavy atom. The summed E-state index contributed by atoms with van der Waals surface area (Å²) in [4.78, 5) is 13.9. The number of hydrogen-bond acceptors (Lipinski definition) is 5. The second kappa shape index (κ2) is 10.0. The highest BCUT2D eigenvalue weighted by Crippen LogP contribution is 2.31. The molecule has 0 aliphatic carbocycles. The fourth-order valence-electron chi connectivity index (χ4n) is 1.63. The molecule has 0 N–H and O–H groups in total. The number of hydrogen-bond donors (Lipinski definition) is 0. The molecule has 0 rings (SSSR count). The van der Waals surface area contributed by atoms with E-state index in [9.17, 15) is 4.79 Å². The zero-order chi connectivity index (χ0) is 18.0. The zero-order valence-electron chi connectivity index (χ0n) is 16.0. The first kappa shape index (κ1) is 12.9. The lowest BCUT2D eigenvalue weighted by atomic mass is 9.83. The Hall–Kier alpha value is 0.220. The summed E-state index contributed by atoms with van der Waals surface area (Å²) in [6.45, 7) is 3.93. The molecule has 1 atom stereocenters. The summed E-state index contributed by atoms with van der Waals surface area (Å²) < 4.78 is 39.6. The topological polar surface area (TPSA) is 38.8 Å². The molecule has 0 aromatic heterocycles. The number of carbonyl (C=O) groups is 1. The number of rotatable bonds is 12. The van der Waals surface area contributed by atoms with Crippen molar-refractivity contribution in [3.63, 3.8) is 0 Å². The molecule has 0 bridgehead atoms. The van der Waals surface area contributed by atoms with Crippen LogP contribution in [0, 0.1) is 5.41 Å². The van der Waals surface area contributed by atoms with Gasteiger partial charge in [-0.25, -0.2) is 0 Å². The molecule has 0 heterocycles. The molecule has 1 amide bonds. The molecule has 0 radical (unpaired) electrons. The van der Waals surface area contributed by atoms with Gasteiger partial charge in [0.2, 0.25) is 5.91 Å². The lowest BCUT2D eigenvalue weighted by Crippen LogP contribution is -2.45. The largest absolute Gasteiger partial charge is 0.348 e. The van der Waals surface area contributed by atoms with Crippen molar-refractivity contribution in [1.82, 2.24) is 4.90 Å². The highest BCUT2D eigenvalue weighted by molar-refractivity contribution is 7.95. The van der Waals surface area contributed by atoms with Crippen molar-refractivity contribution >= 4 is 45.5 Å². The van der Waals surface area contributed by atoms with Gasteiger partial charge in [-0.2, -0.15) is 0 Å². The third-order valence-corrected chi connectivity index (χ3v) is 3.60. The molecule has 0 aliphatic heterocycles. The van der Waals surface area contributed by atoms with E-state index < -0.39 is 27.1 Å². The minimum absolute atomic E-state index is 0.0681. The minimum atomic E-state index is -0.980. The van der Waals surface area contributed by atoms with Gasteiger partial charge in [-0.05, 0) is 54.6 Å². The highest BCUT2D eigenvalue weighted by atomic mass is 32.2. The molecule has 4 nitrogen and oxygen atoms in total. The number of carbonyl (C=O) groups excluding carboxylic acids is 1. The van der Waals surface area contributed by atoms with Crippen molar-refractivity contribution in [2.45, 2.75) is 26.4 Å². The van der Waals surface area contributed by atoms with E-state index in [1.807, 2.05) is 0 Å². The Kier molecular flexibility index (Phi) is 6.82. The lowest BCUT2D eigenvalue weighted by molar-refractivity contribution is -0.142. The predicted molar refractivity (Wildman–Crippen MR) is 89.9 cm³/mol. The van der Waals surface area contributed by atoms with Crippen LogP contribution < -0.4 is 0 Å². The van der Waals surface area contributed by atoms with Gasteiger partial charge in [0.15, 0.2) is 0 Å². The van der Waals surface area contributed by atoms with Crippen LogP contribution in [0.5, 0.6) is 0 Å². The first-order chi connectivity index (χ1) is 10.6. The van der Waals surface area contributed by atoms with Crippen molar-refractivity contribution < 1.29 is 13.2 Å². The molecular formula is C11H25B2NO3S2. The van der Waals surface area contributed by atoms with E-state index in [0.717, 1.165) is 24.1 Å². The van der Waals surface area contributed by atoms with E-state index in [-0.39, 0.29) is 17.2 Å². The zero-order valence-corrected chi connectivity index (χ0v) is 13.7. The van der Waals surface area contributed by atoms with Gasteiger partial charge in [0.25, 0.3) is 0 Å². The van der Waals surface area contributed by atoms with Crippen molar-refractivity contribution in [1.29, 1.82) is 5.34 Å². The first-order valence-electron chi connectivity index (χ1n) is 8.33. The fourth-order valence-corrected chi connectivity index (χ4v) is 2.52. The number of amides is 1. The van der Waals surface area contributed by atoms with Crippen LogP contribution in [0.1, 0.15) is 20.3 Å². The smallest absolute Gasteiger partial charge is 0.230 e. The Bertz CT molecular complexity index is 355. The van der Waals surface area contributed by atoms with Crippen LogP contribution >= 0.6 is 24.1 Å². The minimum Gasteiger partial charge on any atom is -0.348 e. The molecule has 0 aromatic rings. The van der Waals surface area contributed by atoms with E-state index in [2.05, 4.69) is 0 Å². The monoisotopic (exact) mass is 311 g/mol. The normalized spacial score (nSPS) is 15.8. The second-order valence-electron chi connectivity index (χ2n) is 4.69. The molecule has 0 spiro atoms. The van der Waals surface area contributed by atoms with Crippen molar-refractivity contribution in [2.24, 2.45) is 5.41 Å². The molecule has 0 aliphatic rings. The third-order valence-electron chi connectivity index (χ3n) is 2.63. The van der Waals surface area contributed by atoms with Crippen LogP contribution in [-0.2, 0) is 13.2 Å². The maximum Gasteiger partial charge on any atom is 0.230 e. The summed E-state index contributed by atoms with van der Waals surface area (Å²) in [5.41, 5.74) is -0.297. The van der Waals surface area contributed by atoms with Gasteiger partial charge in [-0.1, -0.05) is 0 Å². The molecule has 8 heteroatoms. The van der Waals surface area contributed by atoms with E-state index in [1.54, 1.807) is 27.9 Å². The summed E-state index contributed by atoms with van der Waals surface area (Å²) in [5, 5.41) is 0. The molecule has 0 saturated heterocycles. The Balaban J connectivity index is 4.58. The van der Waals surface area contributed by atoms with Crippen LogP contribution in [0.25, 0.3) is 0 Å². The SMILES string of the molecule is [2H]B([3H])CSOCC[C@H](OSCB([2H])[3H])C(C)(C)C(=O)N(C)C. The summed E-state index contributed by atoms with van der Waals surface area (Å²) >= 11 is 2.09. The Labute approximate surface area is 133 Å². The summed E-state index contributed by atoms with van der Waals surface area (Å²) in [6.07, 6.45) is 0.0398. The van der Waals surface area contributed by atoms with Crippen molar-refractivity contribution in [3.8, 4) is 0 Å². The lowest BCUT2D eigenvalue weighted by Gasteiger charge is -2.34. The molecular weight excluding hydrogens is 280 g/mol. The van der Waals surface area contributed by atoms with Crippen LogP contribution in [0.15, 0.2) is 0 Å². The molecule has 110 valence electrons. The molecule has 0 saturated carbocycles. The van der Waals surface area contributed by atoms with Gasteiger partial charge in [-0.3, -0.25) is 4.79 Å². The highest BCUT2D eigenvalue weighted by Gasteiger charge is 2.38. The van der Waals surface area contributed by atoms with Crippen LogP contribution in [0.2, 0.25) is 0 Å². The average Bonchev–Trinajstić information content (AvgIpc) is 2.43. The Morgan fingerprint density at radius 2 is 2.11 bits per heavy atom. The summed E-state index contributed by atoms with van der Waals surface area (Å²) in [5.74, 6) is -0.0681. The van der Waals surface area contributed by atoms with Gasteiger partial charge in [-0.15, -0.1) is 0 Å². The molecule has 0 fully saturated rings. The molecule has 0 unspecified atom stereocenters. The maximum absolute atomic E-state index is 12.3. The standard InChI is InChI=1S/C11H25B2NO3S2/c1-11(2,10(15)14(3)4)9(17-19-8-13)5-6-16-18-7-12/h9H,5-8,12-13H2,1-4H3/t9-/m0/s1/i12TD,13TD. The average molecular weight is 311 g/mol. The van der Waals surface area contributed by atoms with E-state index in [1.165, 1.54) is 4.90 Å². The molecule has 0 aromatic carbocycles. The Morgan fingerprint density at radius 1 is 1.47 bits per heavy atom. The van der Waals surface area contributed by atoms with Gasteiger partial charge < -0.3 is 13.3 Å². The van der Waals surface area contributed by atoms with E-state index in [0.29, 0.717) is 13.0 Å². The molecule has 19 heavy (non-hydrogen) atoms. The number of nitrogens with zero attached hydrogens (tertiary/aromatic N) is 1. The maximum atomic E-state index is 12.3. The van der Waals surface area contributed by atoms with Crippen LogP contribution in [-0.4, -0.2) is 69.8 Å². The van der Waals surface area contributed by atoms with Crippen molar-refractivity contribution in [3.05, 3.63) is 0 Å². The first-order valence-corrected chi connectivity index (χ1v) is 7.84.